The molecule has 3 rings (SSSR count). The molecule has 5 heteroatoms. The van der Waals surface area contributed by atoms with Crippen LogP contribution in [0, 0.1) is 11.8 Å². The fourth-order valence-electron chi connectivity index (χ4n) is 3.88. The van der Waals surface area contributed by atoms with Gasteiger partial charge in [0.25, 0.3) is 0 Å². The first-order valence-corrected chi connectivity index (χ1v) is 9.57. The van der Waals surface area contributed by atoms with E-state index in [0.29, 0.717) is 5.91 Å². The summed E-state index contributed by atoms with van der Waals surface area (Å²) in [5, 5.41) is 8.76. The van der Waals surface area contributed by atoms with E-state index in [4.69, 9.17) is 5.11 Å². The molecule has 1 amide bonds. The Labute approximate surface area is 156 Å². The predicted molar refractivity (Wildman–Crippen MR) is 103 cm³/mol. The molecule has 1 N–H and O–H groups in total. The first-order chi connectivity index (χ1) is 12.7. The second kappa shape index (κ2) is 9.18. The molecule has 140 valence electrons. The average Bonchev–Trinajstić information content (AvgIpc) is 2.95. The summed E-state index contributed by atoms with van der Waals surface area (Å²) in [6.45, 7) is 5.47. The summed E-state index contributed by atoms with van der Waals surface area (Å²) in [6, 6.07) is 8.29. The quantitative estimate of drug-likeness (QED) is 0.827. The van der Waals surface area contributed by atoms with Crippen molar-refractivity contribution in [2.24, 2.45) is 0 Å². The number of carbonyl (C=O) groups excluding carboxylic acids is 1. The third-order valence-electron chi connectivity index (χ3n) is 5.38. The zero-order valence-electron chi connectivity index (χ0n) is 15.7. The lowest BCUT2D eigenvalue weighted by atomic mass is 10.1. The highest BCUT2D eigenvalue weighted by atomic mass is 16.2. The van der Waals surface area contributed by atoms with Gasteiger partial charge in [0.2, 0.25) is 5.91 Å². The van der Waals surface area contributed by atoms with E-state index in [1.165, 1.54) is 5.56 Å². The van der Waals surface area contributed by atoms with Gasteiger partial charge in [0, 0.05) is 38.3 Å². The number of hydrogen-bond donors (Lipinski definition) is 1. The van der Waals surface area contributed by atoms with Gasteiger partial charge < -0.3 is 10.0 Å². The fourth-order valence-corrected chi connectivity index (χ4v) is 3.88. The Morgan fingerprint density at radius 3 is 2.62 bits per heavy atom. The van der Waals surface area contributed by atoms with Crippen LogP contribution in [-0.4, -0.2) is 78.1 Å². The number of likely N-dealkylation sites (tertiary alicyclic amines) is 1. The lowest BCUT2D eigenvalue weighted by Gasteiger charge is -2.27. The topological polar surface area (TPSA) is 47.0 Å². The predicted octanol–water partition coefficient (Wildman–Crippen LogP) is 1.16. The van der Waals surface area contributed by atoms with Crippen molar-refractivity contribution in [2.75, 3.05) is 46.4 Å². The van der Waals surface area contributed by atoms with Crippen LogP contribution < -0.4 is 0 Å². The molecular weight excluding hydrogens is 326 g/mol. The zero-order chi connectivity index (χ0) is 18.4. The van der Waals surface area contributed by atoms with Gasteiger partial charge in [0.1, 0.15) is 6.61 Å². The van der Waals surface area contributed by atoms with Crippen molar-refractivity contribution in [1.82, 2.24) is 14.7 Å². The summed E-state index contributed by atoms with van der Waals surface area (Å²) in [5.74, 6) is 5.91. The number of carbonyl (C=O) groups is 1. The van der Waals surface area contributed by atoms with Crippen molar-refractivity contribution in [3.8, 4) is 11.8 Å². The highest BCUT2D eigenvalue weighted by Gasteiger charge is 2.31. The number of rotatable bonds is 3. The Hall–Kier alpha value is -1.87. The number of aliphatic hydroxyl groups is 1. The molecule has 2 aliphatic heterocycles. The minimum Gasteiger partial charge on any atom is -0.384 e. The van der Waals surface area contributed by atoms with Crippen molar-refractivity contribution in [2.45, 2.75) is 31.8 Å². The van der Waals surface area contributed by atoms with Gasteiger partial charge in [-0.15, -0.1) is 0 Å². The molecular formula is C21H29N3O2. The van der Waals surface area contributed by atoms with Crippen molar-refractivity contribution < 1.29 is 9.90 Å². The summed E-state index contributed by atoms with van der Waals surface area (Å²) in [6.07, 6.45) is 3.16. The molecule has 0 radical (unpaired) electrons. The van der Waals surface area contributed by atoms with E-state index < -0.39 is 0 Å². The number of hydrogen-bond acceptors (Lipinski definition) is 4. The van der Waals surface area contributed by atoms with Gasteiger partial charge in [-0.1, -0.05) is 24.0 Å². The molecule has 2 saturated heterocycles. The first-order valence-electron chi connectivity index (χ1n) is 9.57. The van der Waals surface area contributed by atoms with Crippen LogP contribution in [0.5, 0.6) is 0 Å². The Morgan fingerprint density at radius 1 is 1.12 bits per heavy atom. The molecule has 1 atom stereocenters. The van der Waals surface area contributed by atoms with Crippen LogP contribution in [0.25, 0.3) is 0 Å². The van der Waals surface area contributed by atoms with Gasteiger partial charge in [0.05, 0.1) is 6.04 Å². The van der Waals surface area contributed by atoms with E-state index in [9.17, 15) is 4.79 Å². The van der Waals surface area contributed by atoms with E-state index in [2.05, 4.69) is 45.7 Å². The lowest BCUT2D eigenvalue weighted by Crippen LogP contribution is -2.45. The molecule has 0 unspecified atom stereocenters. The van der Waals surface area contributed by atoms with Gasteiger partial charge in [-0.2, -0.15) is 0 Å². The van der Waals surface area contributed by atoms with Crippen molar-refractivity contribution >= 4 is 5.91 Å². The Morgan fingerprint density at radius 2 is 1.92 bits per heavy atom. The second-order valence-corrected chi connectivity index (χ2v) is 7.25. The van der Waals surface area contributed by atoms with E-state index in [1.807, 2.05) is 12.1 Å². The van der Waals surface area contributed by atoms with Gasteiger partial charge in [-0.3, -0.25) is 14.6 Å². The van der Waals surface area contributed by atoms with Crippen LogP contribution in [0.15, 0.2) is 24.3 Å². The van der Waals surface area contributed by atoms with Gasteiger partial charge >= 0.3 is 0 Å². The summed E-state index contributed by atoms with van der Waals surface area (Å²) < 4.78 is 0. The number of aliphatic hydroxyl groups excluding tert-OH is 1. The maximum absolute atomic E-state index is 12.8. The average molecular weight is 355 g/mol. The van der Waals surface area contributed by atoms with Crippen molar-refractivity contribution in [3.63, 3.8) is 0 Å². The smallest absolute Gasteiger partial charge is 0.239 e. The molecule has 2 heterocycles. The van der Waals surface area contributed by atoms with E-state index in [0.717, 1.165) is 64.1 Å². The lowest BCUT2D eigenvalue weighted by molar-refractivity contribution is -0.135. The second-order valence-electron chi connectivity index (χ2n) is 7.25. The molecule has 5 nitrogen and oxygen atoms in total. The minimum absolute atomic E-state index is 0.0918. The fraction of sp³-hybridized carbons (Fsp3) is 0.571. The molecule has 2 fully saturated rings. The summed E-state index contributed by atoms with van der Waals surface area (Å²) in [7, 11) is 2.06. The SMILES string of the molecule is CN1CCC[C@H]1C(=O)N1CCCN(Cc2ccc(C#CCO)cc2)CC1. The molecule has 0 saturated carbocycles. The summed E-state index contributed by atoms with van der Waals surface area (Å²) in [5.41, 5.74) is 2.19. The van der Waals surface area contributed by atoms with Crippen LogP contribution in [0.2, 0.25) is 0 Å². The molecule has 26 heavy (non-hydrogen) atoms. The maximum atomic E-state index is 12.8. The van der Waals surface area contributed by atoms with Crippen LogP contribution >= 0.6 is 0 Å². The van der Waals surface area contributed by atoms with E-state index >= 15 is 0 Å². The number of benzene rings is 1. The van der Waals surface area contributed by atoms with Crippen molar-refractivity contribution in [3.05, 3.63) is 35.4 Å². The van der Waals surface area contributed by atoms with Crippen LogP contribution in [0.4, 0.5) is 0 Å². The minimum atomic E-state index is -0.110. The third-order valence-corrected chi connectivity index (χ3v) is 5.38. The normalized spacial score (nSPS) is 21.9. The monoisotopic (exact) mass is 355 g/mol. The molecule has 2 aliphatic rings. The largest absolute Gasteiger partial charge is 0.384 e. The van der Waals surface area contributed by atoms with Crippen LogP contribution in [0.3, 0.4) is 0 Å². The molecule has 0 aromatic heterocycles. The molecule has 1 aromatic rings. The summed E-state index contributed by atoms with van der Waals surface area (Å²) in [4.78, 5) is 19.5. The number of nitrogens with zero attached hydrogens (tertiary/aromatic N) is 3. The Balaban J connectivity index is 1.53. The Kier molecular flexibility index (Phi) is 6.67. The molecule has 0 aliphatic carbocycles. The van der Waals surface area contributed by atoms with Crippen LogP contribution in [-0.2, 0) is 11.3 Å². The van der Waals surface area contributed by atoms with Gasteiger partial charge in [-0.25, -0.2) is 0 Å². The first kappa shape index (κ1) is 18.9. The van der Waals surface area contributed by atoms with E-state index in [-0.39, 0.29) is 12.6 Å². The summed E-state index contributed by atoms with van der Waals surface area (Å²) >= 11 is 0. The maximum Gasteiger partial charge on any atom is 0.239 e. The van der Waals surface area contributed by atoms with Gasteiger partial charge in [-0.05, 0) is 50.6 Å². The Bertz CT molecular complexity index is 662. The molecule has 1 aromatic carbocycles. The molecule has 0 spiro atoms. The highest BCUT2D eigenvalue weighted by molar-refractivity contribution is 5.82. The van der Waals surface area contributed by atoms with Crippen LogP contribution in [0.1, 0.15) is 30.4 Å². The van der Waals surface area contributed by atoms with E-state index in [1.54, 1.807) is 0 Å². The third kappa shape index (κ3) is 4.85. The number of likely N-dealkylation sites (N-methyl/N-ethyl adjacent to an activating group) is 1. The zero-order valence-corrected chi connectivity index (χ0v) is 15.7. The standard InChI is InChI=1S/C21H29N3O2/c1-22-11-2-6-20(22)21(26)24-13-4-12-23(14-15-24)17-19-9-7-18(8-10-19)5-3-16-25/h7-10,20,25H,2,4,6,11-17H2,1H3/t20-/m0/s1. The highest BCUT2D eigenvalue weighted by Crippen LogP contribution is 2.18. The van der Waals surface area contributed by atoms with Crippen molar-refractivity contribution in [1.29, 1.82) is 0 Å². The van der Waals surface area contributed by atoms with Gasteiger partial charge in [0.15, 0.2) is 0 Å². The number of amides is 1. The molecule has 0 bridgehead atoms.